The molecule has 2 rings (SSSR count). The van der Waals surface area contributed by atoms with Crippen molar-refractivity contribution in [2.24, 2.45) is 11.0 Å². The second kappa shape index (κ2) is 6.69. The minimum Gasteiger partial charge on any atom is -0.267 e. The summed E-state index contributed by atoms with van der Waals surface area (Å²) in [5.74, 6) is 0.725. The number of aryl methyl sites for hydroxylation is 2. The molecule has 1 amide bonds. The Hall–Kier alpha value is -1.64. The molecule has 0 unspecified atom stereocenters. The third-order valence-corrected chi connectivity index (χ3v) is 4.34. The third kappa shape index (κ3) is 3.69. The highest BCUT2D eigenvalue weighted by Crippen LogP contribution is 2.24. The van der Waals surface area contributed by atoms with Gasteiger partial charge >= 0.3 is 0 Å². The first-order valence-electron chi connectivity index (χ1n) is 7.53. The van der Waals surface area contributed by atoms with Crippen LogP contribution in [0.4, 0.5) is 0 Å². The zero-order chi connectivity index (χ0) is 14.5. The van der Waals surface area contributed by atoms with Crippen LogP contribution < -0.4 is 5.43 Å². The summed E-state index contributed by atoms with van der Waals surface area (Å²) in [5.41, 5.74) is 6.84. The predicted octanol–water partition coefficient (Wildman–Crippen LogP) is 3.99. The van der Waals surface area contributed by atoms with Gasteiger partial charge in [0.25, 0.3) is 5.91 Å². The molecule has 1 aromatic carbocycles. The summed E-state index contributed by atoms with van der Waals surface area (Å²) in [5, 5.41) is 4.30. The number of hydrogen-bond donors (Lipinski definition) is 1. The van der Waals surface area contributed by atoms with E-state index < -0.39 is 0 Å². The monoisotopic (exact) mass is 272 g/mol. The lowest BCUT2D eigenvalue weighted by atomic mass is 9.86. The van der Waals surface area contributed by atoms with Gasteiger partial charge in [-0.1, -0.05) is 19.4 Å². The van der Waals surface area contributed by atoms with E-state index in [0.717, 1.165) is 30.0 Å². The number of hydrazone groups is 1. The lowest BCUT2D eigenvalue weighted by Crippen LogP contribution is -2.22. The number of carbonyl (C=O) groups is 1. The number of nitrogens with zero attached hydrogens (tertiary/aromatic N) is 1. The number of hydrogen-bond acceptors (Lipinski definition) is 2. The Morgan fingerprint density at radius 2 is 1.95 bits per heavy atom. The smallest absolute Gasteiger partial charge is 0.267 e. The van der Waals surface area contributed by atoms with E-state index in [9.17, 15) is 4.79 Å². The van der Waals surface area contributed by atoms with Gasteiger partial charge in [0.1, 0.15) is 0 Å². The fourth-order valence-corrected chi connectivity index (χ4v) is 2.61. The summed E-state index contributed by atoms with van der Waals surface area (Å²) in [6.45, 7) is 6.31. The molecule has 1 aromatic rings. The molecule has 0 spiro atoms. The highest BCUT2D eigenvalue weighted by molar-refractivity contribution is 5.95. The fourth-order valence-electron chi connectivity index (χ4n) is 2.61. The van der Waals surface area contributed by atoms with Crippen molar-refractivity contribution in [1.29, 1.82) is 0 Å². The molecule has 108 valence electrons. The molecule has 0 bridgehead atoms. The zero-order valence-corrected chi connectivity index (χ0v) is 12.7. The minimum atomic E-state index is -0.113. The Labute approximate surface area is 121 Å². The highest BCUT2D eigenvalue weighted by atomic mass is 16.2. The number of nitrogens with one attached hydrogen (secondary N) is 1. The topological polar surface area (TPSA) is 41.5 Å². The average molecular weight is 272 g/mol. The minimum absolute atomic E-state index is 0.113. The van der Waals surface area contributed by atoms with Crippen molar-refractivity contribution >= 4 is 11.6 Å². The summed E-state index contributed by atoms with van der Waals surface area (Å²) >= 11 is 0. The van der Waals surface area contributed by atoms with Crippen molar-refractivity contribution in [3.8, 4) is 0 Å². The van der Waals surface area contributed by atoms with Crippen LogP contribution in [0.25, 0.3) is 0 Å². The van der Waals surface area contributed by atoms with Crippen LogP contribution in [-0.2, 0) is 0 Å². The molecule has 0 heterocycles. The second-order valence-corrected chi connectivity index (χ2v) is 5.77. The quantitative estimate of drug-likeness (QED) is 0.830. The molecule has 1 aliphatic carbocycles. The molecule has 0 atom stereocenters. The van der Waals surface area contributed by atoms with Crippen LogP contribution in [0, 0.1) is 19.8 Å². The molecule has 3 nitrogen and oxygen atoms in total. The maximum Gasteiger partial charge on any atom is 0.271 e. The van der Waals surface area contributed by atoms with E-state index in [2.05, 4.69) is 17.5 Å². The van der Waals surface area contributed by atoms with E-state index in [0.29, 0.717) is 5.56 Å². The molecule has 0 aliphatic heterocycles. The van der Waals surface area contributed by atoms with Crippen LogP contribution in [0.2, 0.25) is 0 Å². The summed E-state index contributed by atoms with van der Waals surface area (Å²) in [6, 6.07) is 5.74. The van der Waals surface area contributed by atoms with Crippen molar-refractivity contribution in [3.05, 3.63) is 34.9 Å². The van der Waals surface area contributed by atoms with Crippen molar-refractivity contribution < 1.29 is 4.79 Å². The zero-order valence-electron chi connectivity index (χ0n) is 12.7. The van der Waals surface area contributed by atoms with E-state index >= 15 is 0 Å². The van der Waals surface area contributed by atoms with Crippen LogP contribution in [0.1, 0.15) is 60.5 Å². The van der Waals surface area contributed by atoms with E-state index in [1.807, 2.05) is 32.0 Å². The molecule has 0 saturated heterocycles. The lowest BCUT2D eigenvalue weighted by Gasteiger charge is -2.21. The van der Waals surface area contributed by atoms with Gasteiger partial charge in [-0.25, -0.2) is 5.43 Å². The summed E-state index contributed by atoms with van der Waals surface area (Å²) in [4.78, 5) is 12.1. The van der Waals surface area contributed by atoms with Crippen LogP contribution in [0.15, 0.2) is 23.3 Å². The Bertz CT molecular complexity index is 510. The Balaban J connectivity index is 1.93. The van der Waals surface area contributed by atoms with E-state index in [1.54, 1.807) is 0 Å². The first kappa shape index (κ1) is 14.8. The van der Waals surface area contributed by atoms with Crippen molar-refractivity contribution in [3.63, 3.8) is 0 Å². The fraction of sp³-hybridized carbons (Fsp3) is 0.529. The van der Waals surface area contributed by atoms with Gasteiger partial charge < -0.3 is 0 Å². The number of amides is 1. The summed E-state index contributed by atoms with van der Waals surface area (Å²) in [7, 11) is 0. The van der Waals surface area contributed by atoms with E-state index in [4.69, 9.17) is 0 Å². The van der Waals surface area contributed by atoms with Crippen LogP contribution in [0.5, 0.6) is 0 Å². The van der Waals surface area contributed by atoms with Crippen LogP contribution in [0.3, 0.4) is 0 Å². The maximum atomic E-state index is 12.1. The van der Waals surface area contributed by atoms with Crippen LogP contribution >= 0.6 is 0 Å². The molecule has 1 N–H and O–H groups in total. The van der Waals surface area contributed by atoms with Crippen molar-refractivity contribution in [1.82, 2.24) is 5.43 Å². The van der Waals surface area contributed by atoms with E-state index in [-0.39, 0.29) is 5.91 Å². The Kier molecular flexibility index (Phi) is 4.94. The third-order valence-electron chi connectivity index (χ3n) is 4.34. The molecule has 3 heteroatoms. The molecule has 0 aromatic heterocycles. The first-order valence-corrected chi connectivity index (χ1v) is 7.53. The molecular formula is C17H24N2O. The van der Waals surface area contributed by atoms with Gasteiger partial charge in [-0.15, -0.1) is 0 Å². The molecule has 1 aliphatic rings. The van der Waals surface area contributed by atoms with Gasteiger partial charge in [-0.3, -0.25) is 4.79 Å². The standard InChI is InChI=1S/C17H24N2O/c1-4-14-6-9-16(10-7-14)18-19-17(20)15-8-5-12(2)13(3)11-15/h5,8,11,14H,4,6-7,9-10H2,1-3H3,(H,19,20). The molecule has 1 saturated carbocycles. The summed E-state index contributed by atoms with van der Waals surface area (Å²) in [6.07, 6.45) is 5.70. The lowest BCUT2D eigenvalue weighted by molar-refractivity contribution is 0.0954. The number of benzene rings is 1. The Morgan fingerprint density at radius 1 is 1.25 bits per heavy atom. The van der Waals surface area contributed by atoms with Gasteiger partial charge in [0.15, 0.2) is 0 Å². The molecule has 20 heavy (non-hydrogen) atoms. The van der Waals surface area contributed by atoms with Gasteiger partial charge in [0, 0.05) is 11.3 Å². The van der Waals surface area contributed by atoms with Crippen molar-refractivity contribution in [2.75, 3.05) is 0 Å². The molecular weight excluding hydrogens is 248 g/mol. The highest BCUT2D eigenvalue weighted by Gasteiger charge is 2.16. The largest absolute Gasteiger partial charge is 0.271 e. The average Bonchev–Trinajstić information content (AvgIpc) is 2.48. The number of carbonyl (C=O) groups excluding carboxylic acids is 1. The van der Waals surface area contributed by atoms with Gasteiger partial charge in [-0.2, -0.15) is 5.10 Å². The molecule has 0 radical (unpaired) electrons. The van der Waals surface area contributed by atoms with Crippen LogP contribution in [-0.4, -0.2) is 11.6 Å². The first-order chi connectivity index (χ1) is 9.60. The second-order valence-electron chi connectivity index (χ2n) is 5.77. The van der Waals surface area contributed by atoms with Gasteiger partial charge in [0.2, 0.25) is 0 Å². The Morgan fingerprint density at radius 3 is 2.55 bits per heavy atom. The van der Waals surface area contributed by atoms with Crippen molar-refractivity contribution in [2.45, 2.75) is 52.9 Å². The van der Waals surface area contributed by atoms with Gasteiger partial charge in [0.05, 0.1) is 0 Å². The number of rotatable bonds is 3. The predicted molar refractivity (Wildman–Crippen MR) is 83.1 cm³/mol. The summed E-state index contributed by atoms with van der Waals surface area (Å²) < 4.78 is 0. The molecule has 1 fully saturated rings. The van der Waals surface area contributed by atoms with Gasteiger partial charge in [-0.05, 0) is 68.7 Å². The normalized spacial score (nSPS) is 18.8. The SMILES string of the molecule is CCC1CCC(=NNC(=O)c2ccc(C)c(C)c2)CC1. The van der Waals surface area contributed by atoms with E-state index in [1.165, 1.54) is 24.8 Å². The maximum absolute atomic E-state index is 12.1.